The zero-order valence-electron chi connectivity index (χ0n) is 32.2. The Morgan fingerprint density at radius 1 is 0.617 bits per heavy atom. The standard InChI is InChI=1S/C43H78N4/c1-33(2)40-10-7-34(3)29-44-19-11-36(12-20-44)8-9-37-13-21-47(22-14-37)32-42-27-35(4)41(28-43(42,5)6)31-46-25-17-39(18-26-46)38-15-23-45(30-40)24-16-38/h8-9,33-42H,7,10-32H2,1-6H3/p+1/b9-8+/t34?,35-,40?,41?,42?/m0/s1. The summed E-state index contributed by atoms with van der Waals surface area (Å²) in [6, 6.07) is 0. The molecule has 4 unspecified atom stereocenters. The molecule has 12 heterocycles. The van der Waals surface area contributed by atoms with Crippen LogP contribution in [0.1, 0.15) is 119 Å². The summed E-state index contributed by atoms with van der Waals surface area (Å²) in [6.45, 7) is 31.8. The fourth-order valence-corrected chi connectivity index (χ4v) is 11.6. The van der Waals surface area contributed by atoms with E-state index in [2.05, 4.69) is 68.4 Å². The van der Waals surface area contributed by atoms with Crippen molar-refractivity contribution < 1.29 is 4.90 Å². The van der Waals surface area contributed by atoms with E-state index in [9.17, 15) is 0 Å². The molecule has 47 heavy (non-hydrogen) atoms. The van der Waals surface area contributed by atoms with Crippen LogP contribution in [0.3, 0.4) is 0 Å². The van der Waals surface area contributed by atoms with E-state index in [1.807, 2.05) is 4.90 Å². The summed E-state index contributed by atoms with van der Waals surface area (Å²) < 4.78 is 0. The molecule has 13 rings (SSSR count). The maximum atomic E-state index is 2.91. The summed E-state index contributed by atoms with van der Waals surface area (Å²) in [7, 11) is 0. The van der Waals surface area contributed by atoms with E-state index in [4.69, 9.17) is 0 Å². The predicted molar refractivity (Wildman–Crippen MR) is 201 cm³/mol. The number of nitrogens with one attached hydrogen (secondary N) is 1. The van der Waals surface area contributed by atoms with Crippen LogP contribution in [0.2, 0.25) is 0 Å². The molecule has 5 atom stereocenters. The molecular weight excluding hydrogens is 573 g/mol. The minimum atomic E-state index is 0.495. The maximum Gasteiger partial charge on any atom is 0.0804 e. The number of rotatable bonds is 1. The van der Waals surface area contributed by atoms with E-state index >= 15 is 0 Å². The molecule has 13 aliphatic rings. The lowest BCUT2D eigenvalue weighted by molar-refractivity contribution is -0.910. The third-order valence-corrected chi connectivity index (χ3v) is 15.4. The van der Waals surface area contributed by atoms with Crippen molar-refractivity contribution in [1.82, 2.24) is 14.7 Å². The normalized spacial score (nSPS) is 46.5. The van der Waals surface area contributed by atoms with E-state index < -0.39 is 0 Å². The van der Waals surface area contributed by atoms with Crippen LogP contribution in [-0.2, 0) is 0 Å². The maximum absolute atomic E-state index is 2.91. The lowest BCUT2D eigenvalue weighted by Gasteiger charge is -2.48. The molecule has 1 N–H and O–H groups in total. The van der Waals surface area contributed by atoms with Crippen molar-refractivity contribution >= 4 is 0 Å². The molecule has 4 saturated heterocycles. The zero-order chi connectivity index (χ0) is 33.0. The predicted octanol–water partition coefficient (Wildman–Crippen LogP) is 7.36. The van der Waals surface area contributed by atoms with Gasteiger partial charge >= 0.3 is 0 Å². The van der Waals surface area contributed by atoms with Gasteiger partial charge in [0, 0.05) is 38.4 Å². The molecule has 0 aromatic carbocycles. The van der Waals surface area contributed by atoms with Crippen LogP contribution in [0, 0.1) is 64.6 Å². The number of quaternary nitrogens is 1. The van der Waals surface area contributed by atoms with Gasteiger partial charge in [-0.25, -0.2) is 0 Å². The van der Waals surface area contributed by atoms with Gasteiger partial charge in [0.2, 0.25) is 0 Å². The van der Waals surface area contributed by atoms with Gasteiger partial charge in [-0.15, -0.1) is 0 Å². The number of hydrogen-bond donors (Lipinski definition) is 1. The highest BCUT2D eigenvalue weighted by Crippen LogP contribution is 2.46. The molecule has 1 saturated carbocycles. The van der Waals surface area contributed by atoms with Crippen molar-refractivity contribution in [2.24, 2.45) is 64.6 Å². The quantitative estimate of drug-likeness (QED) is 0.298. The summed E-state index contributed by atoms with van der Waals surface area (Å²) in [4.78, 5) is 10.5. The molecule has 0 aromatic rings. The van der Waals surface area contributed by atoms with Crippen LogP contribution in [0.5, 0.6) is 0 Å². The van der Waals surface area contributed by atoms with Crippen LogP contribution in [-0.4, -0.2) is 93.2 Å². The van der Waals surface area contributed by atoms with Gasteiger partial charge in [0.25, 0.3) is 0 Å². The first-order valence-corrected chi connectivity index (χ1v) is 21.3. The van der Waals surface area contributed by atoms with Crippen molar-refractivity contribution in [3.63, 3.8) is 0 Å². The molecule has 1 aliphatic carbocycles. The molecule has 5 fully saturated rings. The summed E-state index contributed by atoms with van der Waals surface area (Å²) in [5.74, 6) is 8.83. The second kappa shape index (κ2) is 16.7. The van der Waals surface area contributed by atoms with Crippen LogP contribution >= 0.6 is 0 Å². The molecule has 270 valence electrons. The molecule has 12 aliphatic heterocycles. The molecule has 0 amide bonds. The number of fused-ring (bicyclic) bond motifs is 1. The second-order valence-electron chi connectivity index (χ2n) is 19.6. The number of hydrogen-bond acceptors (Lipinski definition) is 3. The molecule has 0 spiro atoms. The second-order valence-corrected chi connectivity index (χ2v) is 19.6. The lowest BCUT2D eigenvalue weighted by Crippen LogP contribution is -3.14. The Hall–Kier alpha value is -0.420. The molecular formula is C43H79N4+. The minimum Gasteiger partial charge on any atom is -0.335 e. The van der Waals surface area contributed by atoms with Crippen molar-refractivity contribution in [3.05, 3.63) is 12.2 Å². The number of nitrogens with zero attached hydrogens (tertiary/aromatic N) is 3. The van der Waals surface area contributed by atoms with E-state index in [-0.39, 0.29) is 0 Å². The molecule has 0 radical (unpaired) electrons. The highest BCUT2D eigenvalue weighted by atomic mass is 15.2. The average Bonchev–Trinajstić information content (AvgIpc) is 3.06. The van der Waals surface area contributed by atoms with Gasteiger partial charge < -0.3 is 19.6 Å². The Kier molecular flexibility index (Phi) is 12.9. The minimum absolute atomic E-state index is 0.495. The van der Waals surface area contributed by atoms with Gasteiger partial charge in [-0.05, 0) is 162 Å². The Balaban J connectivity index is 1.07. The first-order chi connectivity index (χ1) is 22.6. The molecule has 10 bridgehead atoms. The molecule has 0 aromatic heterocycles. The summed E-state index contributed by atoms with van der Waals surface area (Å²) in [6.07, 6.45) is 22.6. The summed E-state index contributed by atoms with van der Waals surface area (Å²) in [5.41, 5.74) is 0.495. The van der Waals surface area contributed by atoms with Gasteiger partial charge in [0.15, 0.2) is 0 Å². The van der Waals surface area contributed by atoms with E-state index in [1.54, 1.807) is 0 Å². The molecule has 4 heteroatoms. The number of allylic oxidation sites excluding steroid dienone is 2. The van der Waals surface area contributed by atoms with Crippen LogP contribution < -0.4 is 4.90 Å². The highest BCUT2D eigenvalue weighted by Gasteiger charge is 2.43. The van der Waals surface area contributed by atoms with Crippen molar-refractivity contribution in [2.75, 3.05) is 78.5 Å². The summed E-state index contributed by atoms with van der Waals surface area (Å²) in [5, 5.41) is 0. The monoisotopic (exact) mass is 652 g/mol. The number of piperidine rings is 4. The van der Waals surface area contributed by atoms with Crippen LogP contribution in [0.15, 0.2) is 12.2 Å². The smallest absolute Gasteiger partial charge is 0.0804 e. The van der Waals surface area contributed by atoms with Crippen molar-refractivity contribution in [3.8, 4) is 0 Å². The van der Waals surface area contributed by atoms with Crippen molar-refractivity contribution in [2.45, 2.75) is 119 Å². The highest BCUT2D eigenvalue weighted by molar-refractivity contribution is 4.96. The average molecular weight is 652 g/mol. The summed E-state index contributed by atoms with van der Waals surface area (Å²) >= 11 is 0. The fraction of sp³-hybridized carbons (Fsp3) is 0.953. The lowest BCUT2D eigenvalue weighted by atomic mass is 9.61. The third-order valence-electron chi connectivity index (χ3n) is 15.4. The van der Waals surface area contributed by atoms with E-state index in [0.717, 1.165) is 59.2 Å². The van der Waals surface area contributed by atoms with E-state index in [0.29, 0.717) is 5.41 Å². The Morgan fingerprint density at radius 3 is 1.74 bits per heavy atom. The first kappa shape index (κ1) is 36.4. The zero-order valence-corrected chi connectivity index (χ0v) is 32.2. The van der Waals surface area contributed by atoms with Gasteiger partial charge in [-0.3, -0.25) is 0 Å². The topological polar surface area (TPSA) is 14.2 Å². The van der Waals surface area contributed by atoms with Gasteiger partial charge in [0.05, 0.1) is 19.6 Å². The van der Waals surface area contributed by atoms with Crippen molar-refractivity contribution in [1.29, 1.82) is 0 Å². The Labute approximate surface area is 292 Å². The van der Waals surface area contributed by atoms with Gasteiger partial charge in [-0.2, -0.15) is 0 Å². The Bertz CT molecular complexity index is 943. The van der Waals surface area contributed by atoms with Gasteiger partial charge in [-0.1, -0.05) is 53.7 Å². The SMILES string of the molecule is CC1CCC(C(C)C)CN2CCC(CC2)C2CCN(CC2)CC2CC(C)(C)C(C[C@@H]2C)C[NH+]2CCC(/C=C/C3CCN(CC3)C1)CC2. The Morgan fingerprint density at radius 2 is 1.15 bits per heavy atom. The van der Waals surface area contributed by atoms with Crippen LogP contribution in [0.25, 0.3) is 0 Å². The fourth-order valence-electron chi connectivity index (χ4n) is 11.6. The first-order valence-electron chi connectivity index (χ1n) is 21.3. The van der Waals surface area contributed by atoms with Gasteiger partial charge in [0.1, 0.15) is 0 Å². The molecule has 4 nitrogen and oxygen atoms in total. The third kappa shape index (κ3) is 10.1. The van der Waals surface area contributed by atoms with E-state index in [1.165, 1.54) is 156 Å². The largest absolute Gasteiger partial charge is 0.335 e. The van der Waals surface area contributed by atoms with Crippen LogP contribution in [0.4, 0.5) is 0 Å².